The van der Waals surface area contributed by atoms with Crippen molar-refractivity contribution in [2.45, 2.75) is 18.7 Å². The second-order valence-electron chi connectivity index (χ2n) is 4.15. The third kappa shape index (κ3) is 3.10. The van der Waals surface area contributed by atoms with Gasteiger partial charge in [0.2, 0.25) is 0 Å². The quantitative estimate of drug-likeness (QED) is 0.822. The lowest BCUT2D eigenvalue weighted by Gasteiger charge is -2.09. The van der Waals surface area contributed by atoms with E-state index in [4.69, 9.17) is 5.73 Å². The summed E-state index contributed by atoms with van der Waals surface area (Å²) in [6, 6.07) is 6.69. The zero-order valence-electron chi connectivity index (χ0n) is 10.4. The molecule has 2 rings (SSSR count). The Morgan fingerprint density at radius 1 is 1.26 bits per heavy atom. The smallest absolute Gasteiger partial charge is 0.263 e. The number of rotatable bonds is 3. The van der Waals surface area contributed by atoms with Crippen molar-refractivity contribution in [1.29, 1.82) is 0 Å². The topological polar surface area (TPSA) is 72.2 Å². The molecule has 0 aliphatic carbocycles. The molecule has 0 bridgehead atoms. The van der Waals surface area contributed by atoms with Crippen LogP contribution in [-0.4, -0.2) is 8.42 Å². The Bertz CT molecular complexity index is 723. The van der Waals surface area contributed by atoms with Crippen molar-refractivity contribution in [1.82, 2.24) is 0 Å². The van der Waals surface area contributed by atoms with E-state index < -0.39 is 10.0 Å². The lowest BCUT2D eigenvalue weighted by molar-refractivity contribution is 0.601. The van der Waals surface area contributed by atoms with E-state index in [9.17, 15) is 8.42 Å². The average molecular weight is 361 g/mol. The standard InChI is InChI=1S/C12H13BrN2O2S2/c1-7-3-4-9(5-10(7)14)15-19(16,17)11-6-12(13)18-8(11)2/h3-6,15H,14H2,1-2H3. The first-order chi connectivity index (χ1) is 8.79. The number of sulfonamides is 1. The Labute approximate surface area is 124 Å². The molecule has 0 unspecified atom stereocenters. The number of benzene rings is 1. The van der Waals surface area contributed by atoms with Crippen molar-refractivity contribution < 1.29 is 8.42 Å². The summed E-state index contributed by atoms with van der Waals surface area (Å²) < 4.78 is 27.9. The first-order valence-corrected chi connectivity index (χ1v) is 8.54. The van der Waals surface area contributed by atoms with Crippen LogP contribution in [0.2, 0.25) is 0 Å². The van der Waals surface area contributed by atoms with Crippen LogP contribution in [0.25, 0.3) is 0 Å². The maximum absolute atomic E-state index is 12.3. The van der Waals surface area contributed by atoms with Crippen molar-refractivity contribution in [3.05, 3.63) is 38.5 Å². The average Bonchev–Trinajstić information content (AvgIpc) is 2.63. The van der Waals surface area contributed by atoms with E-state index in [1.54, 1.807) is 31.2 Å². The van der Waals surface area contributed by atoms with E-state index in [-0.39, 0.29) is 4.90 Å². The highest BCUT2D eigenvalue weighted by Crippen LogP contribution is 2.31. The van der Waals surface area contributed by atoms with Gasteiger partial charge in [0, 0.05) is 10.6 Å². The van der Waals surface area contributed by atoms with Crippen LogP contribution in [0.3, 0.4) is 0 Å². The summed E-state index contributed by atoms with van der Waals surface area (Å²) in [5, 5.41) is 0. The van der Waals surface area contributed by atoms with Gasteiger partial charge in [-0.15, -0.1) is 11.3 Å². The molecule has 0 radical (unpaired) electrons. The van der Waals surface area contributed by atoms with Crippen molar-refractivity contribution in [2.75, 3.05) is 10.5 Å². The van der Waals surface area contributed by atoms with Gasteiger partial charge >= 0.3 is 0 Å². The molecule has 0 atom stereocenters. The van der Waals surface area contributed by atoms with E-state index >= 15 is 0 Å². The third-order valence-corrected chi connectivity index (χ3v) is 5.85. The molecule has 4 nitrogen and oxygen atoms in total. The number of aryl methyl sites for hydroxylation is 2. The highest BCUT2D eigenvalue weighted by molar-refractivity contribution is 9.11. The number of nitrogens with one attached hydrogen (secondary N) is 1. The summed E-state index contributed by atoms with van der Waals surface area (Å²) in [4.78, 5) is 1.02. The maximum Gasteiger partial charge on any atom is 0.263 e. The fourth-order valence-corrected chi connectivity index (χ4v) is 5.08. The molecule has 0 saturated carbocycles. The van der Waals surface area contributed by atoms with Crippen molar-refractivity contribution in [3.63, 3.8) is 0 Å². The van der Waals surface area contributed by atoms with Gasteiger partial charge in [-0.1, -0.05) is 6.07 Å². The fraction of sp³-hybridized carbons (Fsp3) is 0.167. The van der Waals surface area contributed by atoms with E-state index in [2.05, 4.69) is 20.7 Å². The summed E-state index contributed by atoms with van der Waals surface area (Å²) in [6.07, 6.45) is 0. The number of halogens is 1. The Balaban J connectivity index is 2.36. The van der Waals surface area contributed by atoms with Crippen LogP contribution < -0.4 is 10.5 Å². The van der Waals surface area contributed by atoms with Crippen LogP contribution in [0.4, 0.5) is 11.4 Å². The molecule has 1 aromatic carbocycles. The van der Waals surface area contributed by atoms with E-state index in [0.29, 0.717) is 11.4 Å². The molecule has 102 valence electrons. The summed E-state index contributed by atoms with van der Waals surface area (Å²) in [6.45, 7) is 3.64. The number of thiophene rings is 1. The molecule has 0 saturated heterocycles. The van der Waals surface area contributed by atoms with Gasteiger partial charge in [0.1, 0.15) is 4.90 Å². The largest absolute Gasteiger partial charge is 0.398 e. The predicted octanol–water partition coefficient (Wildman–Crippen LogP) is 3.51. The second-order valence-corrected chi connectivity index (χ2v) is 8.43. The maximum atomic E-state index is 12.3. The van der Waals surface area contributed by atoms with Crippen molar-refractivity contribution >= 4 is 48.7 Å². The molecule has 0 amide bonds. The molecule has 3 N–H and O–H groups in total. The van der Waals surface area contributed by atoms with Gasteiger partial charge in [0.25, 0.3) is 10.0 Å². The highest BCUT2D eigenvalue weighted by Gasteiger charge is 2.19. The Morgan fingerprint density at radius 2 is 1.95 bits per heavy atom. The zero-order valence-corrected chi connectivity index (χ0v) is 13.6. The Morgan fingerprint density at radius 3 is 2.47 bits per heavy atom. The molecular weight excluding hydrogens is 348 g/mol. The summed E-state index contributed by atoms with van der Waals surface area (Å²) in [5.74, 6) is 0. The molecule has 19 heavy (non-hydrogen) atoms. The van der Waals surface area contributed by atoms with E-state index in [0.717, 1.165) is 14.2 Å². The third-order valence-electron chi connectivity index (χ3n) is 2.66. The van der Waals surface area contributed by atoms with Gasteiger partial charge in [-0.05, 0) is 53.5 Å². The fourth-order valence-electron chi connectivity index (χ4n) is 1.61. The van der Waals surface area contributed by atoms with Gasteiger partial charge in [0.15, 0.2) is 0 Å². The Hall–Kier alpha value is -1.05. The first kappa shape index (κ1) is 14.4. The molecule has 0 spiro atoms. The number of hydrogen-bond acceptors (Lipinski definition) is 4. The normalized spacial score (nSPS) is 11.5. The lowest BCUT2D eigenvalue weighted by Crippen LogP contribution is -2.13. The lowest BCUT2D eigenvalue weighted by atomic mass is 10.2. The van der Waals surface area contributed by atoms with Crippen LogP contribution in [-0.2, 0) is 10.0 Å². The van der Waals surface area contributed by atoms with Crippen LogP contribution in [0.1, 0.15) is 10.4 Å². The molecule has 7 heteroatoms. The monoisotopic (exact) mass is 360 g/mol. The first-order valence-electron chi connectivity index (χ1n) is 5.44. The van der Waals surface area contributed by atoms with Crippen LogP contribution in [0.15, 0.2) is 32.9 Å². The van der Waals surface area contributed by atoms with Crippen LogP contribution in [0.5, 0.6) is 0 Å². The van der Waals surface area contributed by atoms with Gasteiger partial charge < -0.3 is 5.73 Å². The Kier molecular flexibility index (Phi) is 3.89. The number of nitrogens with two attached hydrogens (primary N) is 1. The van der Waals surface area contributed by atoms with Crippen LogP contribution >= 0.6 is 27.3 Å². The minimum Gasteiger partial charge on any atom is -0.398 e. The highest BCUT2D eigenvalue weighted by atomic mass is 79.9. The molecule has 2 aromatic rings. The van der Waals surface area contributed by atoms with E-state index in [1.807, 2.05) is 6.92 Å². The number of anilines is 2. The molecule has 0 aliphatic rings. The van der Waals surface area contributed by atoms with Crippen molar-refractivity contribution in [3.8, 4) is 0 Å². The minimum atomic E-state index is -3.58. The predicted molar refractivity (Wildman–Crippen MR) is 83.2 cm³/mol. The zero-order chi connectivity index (χ0) is 14.2. The minimum absolute atomic E-state index is 0.281. The molecule has 1 heterocycles. The molecule has 0 aliphatic heterocycles. The van der Waals surface area contributed by atoms with Crippen LogP contribution in [0, 0.1) is 13.8 Å². The summed E-state index contributed by atoms with van der Waals surface area (Å²) in [5.41, 5.74) is 7.71. The molecule has 0 fully saturated rings. The van der Waals surface area contributed by atoms with Gasteiger partial charge in [0.05, 0.1) is 9.47 Å². The molecule has 1 aromatic heterocycles. The second kappa shape index (κ2) is 5.15. The SMILES string of the molecule is Cc1ccc(NS(=O)(=O)c2cc(Br)sc2C)cc1N. The van der Waals surface area contributed by atoms with Gasteiger partial charge in [-0.2, -0.15) is 0 Å². The van der Waals surface area contributed by atoms with Gasteiger partial charge in [-0.3, -0.25) is 4.72 Å². The van der Waals surface area contributed by atoms with Crippen molar-refractivity contribution in [2.24, 2.45) is 0 Å². The summed E-state index contributed by atoms with van der Waals surface area (Å²) >= 11 is 4.67. The summed E-state index contributed by atoms with van der Waals surface area (Å²) in [7, 11) is -3.58. The number of nitrogen functional groups attached to an aromatic ring is 1. The number of hydrogen-bond donors (Lipinski definition) is 2. The molecular formula is C12H13BrN2O2S2. The van der Waals surface area contributed by atoms with E-state index in [1.165, 1.54) is 11.3 Å². The van der Waals surface area contributed by atoms with Gasteiger partial charge in [-0.25, -0.2) is 8.42 Å².